The summed E-state index contributed by atoms with van der Waals surface area (Å²) in [6, 6.07) is 0. The molecule has 0 aliphatic heterocycles. The summed E-state index contributed by atoms with van der Waals surface area (Å²) in [5.74, 6) is 0. The van der Waals surface area contributed by atoms with Gasteiger partial charge in [0.2, 0.25) is 0 Å². The van der Waals surface area contributed by atoms with E-state index in [-0.39, 0.29) is 0 Å². The first-order valence-electron chi connectivity index (χ1n) is 2.62. The Morgan fingerprint density at radius 2 is 1.33 bits per heavy atom. The molecule has 0 spiro atoms. The van der Waals surface area contributed by atoms with Gasteiger partial charge in [-0.15, -0.1) is 0 Å². The summed E-state index contributed by atoms with van der Waals surface area (Å²) < 4.78 is 0. The normalized spacial score (nSPS) is 10.7. The van der Waals surface area contributed by atoms with Gasteiger partial charge in [-0.1, -0.05) is 0 Å². The van der Waals surface area contributed by atoms with Crippen molar-refractivity contribution < 1.29 is 0 Å². The fourth-order valence-electron chi connectivity index (χ4n) is 0.247. The molecule has 0 aliphatic rings. The monoisotopic (exact) mass is 186 g/mol. The second-order valence-corrected chi connectivity index (χ2v) is 2.98. The van der Waals surface area contributed by atoms with Gasteiger partial charge in [-0.25, -0.2) is 0 Å². The van der Waals surface area contributed by atoms with E-state index in [1.807, 2.05) is 12.2 Å². The first kappa shape index (κ1) is 8.48. The average molecular weight is 185 g/mol. The molecule has 0 saturated carbocycles. The molecule has 48 valence electrons. The molecule has 0 rings (SSSR count). The van der Waals surface area contributed by atoms with Crippen LogP contribution in [0.4, 0.5) is 0 Å². The van der Waals surface area contributed by atoms with Gasteiger partial charge in [-0.05, 0) is 0 Å². The third-order valence-electron chi connectivity index (χ3n) is 0.586. The van der Waals surface area contributed by atoms with Crippen molar-refractivity contribution >= 4 is 15.0 Å². The summed E-state index contributed by atoms with van der Waals surface area (Å²) in [4.78, 5) is 4.19. The van der Waals surface area contributed by atoms with Crippen molar-refractivity contribution in [3.05, 3.63) is 47.4 Å². The van der Waals surface area contributed by atoms with Crippen LogP contribution in [0.5, 0.6) is 0 Å². The second kappa shape index (κ2) is 7.48. The fraction of sp³-hybridized carbons (Fsp3) is 0. The minimum atomic E-state index is 0.475. The van der Waals surface area contributed by atoms with Crippen LogP contribution in [0.15, 0.2) is 47.4 Å². The molecule has 9 heavy (non-hydrogen) atoms. The van der Waals surface area contributed by atoms with E-state index >= 15 is 0 Å². The molecule has 0 unspecified atom stereocenters. The summed E-state index contributed by atoms with van der Waals surface area (Å²) in [5, 5.41) is 0. The van der Waals surface area contributed by atoms with Crippen molar-refractivity contribution in [2.75, 3.05) is 0 Å². The van der Waals surface area contributed by atoms with E-state index in [9.17, 15) is 0 Å². The topological polar surface area (TPSA) is 0 Å². The summed E-state index contributed by atoms with van der Waals surface area (Å²) >= 11 is 0.475. The Balaban J connectivity index is 3.27. The Morgan fingerprint density at radius 1 is 0.889 bits per heavy atom. The Morgan fingerprint density at radius 3 is 1.67 bits per heavy atom. The van der Waals surface area contributed by atoms with Crippen LogP contribution >= 0.6 is 0 Å². The molecule has 0 aliphatic carbocycles. The van der Waals surface area contributed by atoms with E-state index in [1.165, 1.54) is 0 Å². The van der Waals surface area contributed by atoms with E-state index in [2.05, 4.69) is 23.1 Å². The number of allylic oxidation sites excluding steroid dienone is 4. The van der Waals surface area contributed by atoms with Crippen LogP contribution < -0.4 is 0 Å². The molecule has 0 aromatic rings. The number of hydrogen-bond donors (Lipinski definition) is 0. The van der Waals surface area contributed by atoms with Crippen LogP contribution in [0.2, 0.25) is 0 Å². The van der Waals surface area contributed by atoms with E-state index in [0.29, 0.717) is 15.0 Å². The van der Waals surface area contributed by atoms with Gasteiger partial charge in [-0.3, -0.25) is 0 Å². The van der Waals surface area contributed by atoms with Crippen LogP contribution in [0.1, 0.15) is 0 Å². The van der Waals surface area contributed by atoms with E-state index in [0.717, 1.165) is 0 Å². The van der Waals surface area contributed by atoms with Crippen molar-refractivity contribution in [3.63, 3.8) is 0 Å². The summed E-state index contributed by atoms with van der Waals surface area (Å²) in [6.07, 6.45) is 7.47. The first-order chi connectivity index (χ1) is 4.41. The number of hydrogen-bond acceptors (Lipinski definition) is 0. The van der Waals surface area contributed by atoms with Gasteiger partial charge in [0, 0.05) is 0 Å². The Hall–Kier alpha value is -0.521. The van der Waals surface area contributed by atoms with E-state index in [1.54, 1.807) is 12.2 Å². The van der Waals surface area contributed by atoms with Gasteiger partial charge in [0.15, 0.2) is 0 Å². The van der Waals surface area contributed by atoms with Crippen LogP contribution in [-0.2, 0) is 0 Å². The molecule has 0 N–H and O–H groups in total. The van der Waals surface area contributed by atoms with Crippen molar-refractivity contribution in [1.29, 1.82) is 0 Å². The molecule has 0 saturated heterocycles. The van der Waals surface area contributed by atoms with Gasteiger partial charge < -0.3 is 0 Å². The third-order valence-corrected chi connectivity index (χ3v) is 1.91. The quantitative estimate of drug-likeness (QED) is 0.464. The van der Waals surface area contributed by atoms with Gasteiger partial charge in [0.05, 0.1) is 0 Å². The Labute approximate surface area is 62.8 Å². The standard InChI is InChI=1S/C8H10Se/c1-3-5-7-9-8-6-4-2/h3-8H,1-2H2/b7-5-,8-6-. The second-order valence-electron chi connectivity index (χ2n) is 1.26. The zero-order valence-corrected chi connectivity index (χ0v) is 7.00. The van der Waals surface area contributed by atoms with Crippen molar-refractivity contribution in [2.24, 2.45) is 0 Å². The van der Waals surface area contributed by atoms with E-state index < -0.39 is 0 Å². The van der Waals surface area contributed by atoms with E-state index in [4.69, 9.17) is 0 Å². The average Bonchev–Trinajstić information content (AvgIpc) is 1.89. The maximum atomic E-state index is 3.56. The van der Waals surface area contributed by atoms with Gasteiger partial charge in [-0.2, -0.15) is 0 Å². The van der Waals surface area contributed by atoms with Gasteiger partial charge in [0.25, 0.3) is 0 Å². The van der Waals surface area contributed by atoms with Crippen LogP contribution in [-0.4, -0.2) is 15.0 Å². The summed E-state index contributed by atoms with van der Waals surface area (Å²) in [7, 11) is 0. The molecule has 0 aromatic heterocycles. The van der Waals surface area contributed by atoms with Crippen molar-refractivity contribution in [3.8, 4) is 0 Å². The summed E-state index contributed by atoms with van der Waals surface area (Å²) in [6.45, 7) is 7.11. The predicted octanol–water partition coefficient (Wildman–Crippen LogP) is 2.09. The maximum absolute atomic E-state index is 3.56. The molecule has 0 aromatic carbocycles. The third kappa shape index (κ3) is 7.48. The molecular formula is C8H10Se. The van der Waals surface area contributed by atoms with Gasteiger partial charge >= 0.3 is 62.4 Å². The van der Waals surface area contributed by atoms with Crippen molar-refractivity contribution in [1.82, 2.24) is 0 Å². The molecule has 0 nitrogen and oxygen atoms in total. The van der Waals surface area contributed by atoms with Crippen molar-refractivity contribution in [2.45, 2.75) is 0 Å². The molecule has 0 fully saturated rings. The Bertz CT molecular complexity index is 116. The zero-order chi connectivity index (χ0) is 6.95. The zero-order valence-electron chi connectivity index (χ0n) is 5.29. The molecule has 0 radical (unpaired) electrons. The Kier molecular flexibility index (Phi) is 7.05. The minimum absolute atomic E-state index is 0.475. The number of rotatable bonds is 4. The molecule has 1 heteroatoms. The molecular weight excluding hydrogens is 175 g/mol. The fourth-order valence-corrected chi connectivity index (χ4v) is 1.28. The van der Waals surface area contributed by atoms with Crippen LogP contribution in [0.3, 0.4) is 0 Å². The first-order valence-corrected chi connectivity index (χ1v) is 4.60. The molecule has 0 bridgehead atoms. The SMILES string of the molecule is C=C/C=C\[Se]/C=C\C=C. The molecule has 0 heterocycles. The molecule has 0 amide bonds. The summed E-state index contributed by atoms with van der Waals surface area (Å²) in [5.41, 5.74) is 0. The predicted molar refractivity (Wildman–Crippen MR) is 44.4 cm³/mol. The van der Waals surface area contributed by atoms with Crippen LogP contribution in [0.25, 0.3) is 0 Å². The molecule has 0 atom stereocenters. The van der Waals surface area contributed by atoms with Crippen LogP contribution in [0, 0.1) is 0 Å². The van der Waals surface area contributed by atoms with Gasteiger partial charge in [0.1, 0.15) is 0 Å².